The van der Waals surface area contributed by atoms with E-state index < -0.39 is 34.2 Å². The molecule has 0 aliphatic carbocycles. The van der Waals surface area contributed by atoms with Crippen LogP contribution in [0.3, 0.4) is 0 Å². The Hall–Kier alpha value is -3.51. The molecule has 0 unspecified atom stereocenters. The summed E-state index contributed by atoms with van der Waals surface area (Å²) in [6, 6.07) is 10.7. The number of nitrogens with zero attached hydrogens (tertiary/aromatic N) is 1. The van der Waals surface area contributed by atoms with Crippen LogP contribution in [0, 0.1) is 11.3 Å². The van der Waals surface area contributed by atoms with Crippen molar-refractivity contribution in [3.63, 3.8) is 0 Å². The average Bonchev–Trinajstić information content (AvgIpc) is 2.69. The van der Waals surface area contributed by atoms with Crippen molar-refractivity contribution >= 4 is 34.9 Å². The third-order valence-corrected chi connectivity index (χ3v) is 4.02. The predicted octanol–water partition coefficient (Wildman–Crippen LogP) is 4.99. The maximum absolute atomic E-state index is 12.9. The van der Waals surface area contributed by atoms with Gasteiger partial charge in [0.25, 0.3) is 5.91 Å². The van der Waals surface area contributed by atoms with E-state index in [1.165, 1.54) is 18.2 Å². The Morgan fingerprint density at radius 2 is 1.93 bits per heavy atom. The fourth-order valence-electron chi connectivity index (χ4n) is 2.31. The summed E-state index contributed by atoms with van der Waals surface area (Å²) in [4.78, 5) is 24.4. The lowest BCUT2D eigenvalue weighted by Gasteiger charge is -2.11. The van der Waals surface area contributed by atoms with Gasteiger partial charge in [-0.05, 0) is 37.3 Å². The number of anilines is 2. The fourth-order valence-corrected chi connectivity index (χ4v) is 2.53. The van der Waals surface area contributed by atoms with Crippen LogP contribution in [-0.4, -0.2) is 18.5 Å². The molecule has 0 bridgehead atoms. The van der Waals surface area contributed by atoms with Gasteiger partial charge < -0.3 is 15.4 Å². The van der Waals surface area contributed by atoms with E-state index in [4.69, 9.17) is 16.3 Å². The smallest absolute Gasteiger partial charge is 0.417 e. The Labute approximate surface area is 174 Å². The van der Waals surface area contributed by atoms with Crippen molar-refractivity contribution in [2.45, 2.75) is 13.1 Å². The van der Waals surface area contributed by atoms with Crippen molar-refractivity contribution in [1.82, 2.24) is 0 Å². The number of hydrogen-bond donors (Lipinski definition) is 2. The van der Waals surface area contributed by atoms with Crippen LogP contribution in [0.2, 0.25) is 5.02 Å². The highest BCUT2D eigenvalue weighted by Crippen LogP contribution is 2.36. The lowest BCUT2D eigenvalue weighted by atomic mass is 10.1. The number of hydrogen-bond acceptors (Lipinski definition) is 5. The Kier molecular flexibility index (Phi) is 7.44. The Morgan fingerprint density at radius 3 is 2.57 bits per heavy atom. The fraction of sp³-hybridized carbons (Fsp3) is 0.150. The van der Waals surface area contributed by atoms with Crippen LogP contribution >= 0.6 is 11.6 Å². The zero-order valence-corrected chi connectivity index (χ0v) is 16.3. The van der Waals surface area contributed by atoms with Crippen LogP contribution in [-0.2, 0) is 15.7 Å². The number of para-hydroxylation sites is 1. The molecule has 0 saturated heterocycles. The molecule has 2 N–H and O–H groups in total. The van der Waals surface area contributed by atoms with Gasteiger partial charge in [0, 0.05) is 11.9 Å². The topological polar surface area (TPSA) is 91.2 Å². The first-order valence-electron chi connectivity index (χ1n) is 8.48. The molecule has 2 aromatic carbocycles. The number of halogens is 4. The largest absolute Gasteiger partial charge is 0.462 e. The van der Waals surface area contributed by atoms with Crippen molar-refractivity contribution < 1.29 is 27.5 Å². The highest BCUT2D eigenvalue weighted by molar-refractivity contribution is 6.31. The number of amides is 1. The molecular formula is C20H15ClF3N3O3. The van der Waals surface area contributed by atoms with Crippen molar-refractivity contribution in [2.24, 2.45) is 0 Å². The molecule has 1 amide bonds. The van der Waals surface area contributed by atoms with E-state index in [1.807, 2.05) is 0 Å². The van der Waals surface area contributed by atoms with E-state index in [1.54, 1.807) is 25.1 Å². The zero-order chi connectivity index (χ0) is 22.3. The first-order chi connectivity index (χ1) is 14.2. The van der Waals surface area contributed by atoms with Gasteiger partial charge in [0.05, 0.1) is 28.4 Å². The third-order valence-electron chi connectivity index (χ3n) is 3.69. The number of nitrogens with one attached hydrogen (secondary N) is 2. The number of carbonyl (C=O) groups excluding carboxylic acids is 2. The highest BCUT2D eigenvalue weighted by Gasteiger charge is 2.33. The van der Waals surface area contributed by atoms with Crippen LogP contribution in [0.1, 0.15) is 22.8 Å². The lowest BCUT2D eigenvalue weighted by molar-refractivity contribution is -0.137. The summed E-state index contributed by atoms with van der Waals surface area (Å²) < 4.78 is 43.7. The summed E-state index contributed by atoms with van der Waals surface area (Å²) in [5, 5.41) is 13.6. The molecule has 0 radical (unpaired) electrons. The van der Waals surface area contributed by atoms with Gasteiger partial charge in [-0.1, -0.05) is 23.7 Å². The number of benzene rings is 2. The van der Waals surface area contributed by atoms with Gasteiger partial charge in [-0.25, -0.2) is 4.79 Å². The number of alkyl halides is 3. The molecular weight excluding hydrogens is 423 g/mol. The summed E-state index contributed by atoms with van der Waals surface area (Å²) in [6.07, 6.45) is -3.71. The molecule has 6 nitrogen and oxygen atoms in total. The molecule has 156 valence electrons. The van der Waals surface area contributed by atoms with Crippen LogP contribution < -0.4 is 10.6 Å². The zero-order valence-electron chi connectivity index (χ0n) is 15.5. The minimum absolute atomic E-state index is 0.0285. The van der Waals surface area contributed by atoms with E-state index in [0.717, 1.165) is 18.3 Å². The Bertz CT molecular complexity index is 1030. The van der Waals surface area contributed by atoms with Gasteiger partial charge in [0.1, 0.15) is 11.6 Å². The number of nitriles is 1. The number of rotatable bonds is 6. The van der Waals surface area contributed by atoms with Gasteiger partial charge in [-0.15, -0.1) is 0 Å². The molecule has 30 heavy (non-hydrogen) atoms. The first-order valence-corrected chi connectivity index (χ1v) is 8.86. The van der Waals surface area contributed by atoms with Crippen LogP contribution in [0.15, 0.2) is 54.2 Å². The minimum atomic E-state index is -4.66. The molecule has 0 heterocycles. The van der Waals surface area contributed by atoms with Gasteiger partial charge in [0.2, 0.25) is 0 Å². The molecule has 2 rings (SSSR count). The summed E-state index contributed by atoms with van der Waals surface area (Å²) in [6.45, 7) is 1.76. The number of ether oxygens (including phenoxy) is 1. The Morgan fingerprint density at radius 1 is 1.23 bits per heavy atom. The lowest BCUT2D eigenvalue weighted by Crippen LogP contribution is -2.17. The first kappa shape index (κ1) is 22.8. The molecule has 0 aliphatic heterocycles. The molecule has 2 aromatic rings. The van der Waals surface area contributed by atoms with E-state index in [9.17, 15) is 28.0 Å². The number of carbonyl (C=O) groups is 2. The SMILES string of the molecule is CCOC(=O)c1ccccc1NC(=O)/C(C#N)=C\Nc1ccc(Cl)c(C(F)(F)F)c1. The summed E-state index contributed by atoms with van der Waals surface area (Å²) in [5.74, 6) is -1.53. The second-order valence-electron chi connectivity index (χ2n) is 5.73. The summed E-state index contributed by atoms with van der Waals surface area (Å²) >= 11 is 5.56. The van der Waals surface area contributed by atoms with Gasteiger partial charge in [-0.3, -0.25) is 4.79 Å². The summed E-state index contributed by atoms with van der Waals surface area (Å²) in [7, 11) is 0. The van der Waals surface area contributed by atoms with Crippen LogP contribution in [0.25, 0.3) is 0 Å². The number of esters is 1. The highest BCUT2D eigenvalue weighted by atomic mass is 35.5. The van der Waals surface area contributed by atoms with Crippen molar-refractivity contribution in [2.75, 3.05) is 17.2 Å². The maximum Gasteiger partial charge on any atom is 0.417 e. The molecule has 0 aliphatic rings. The third kappa shape index (κ3) is 5.75. The predicted molar refractivity (Wildman–Crippen MR) is 105 cm³/mol. The van der Waals surface area contributed by atoms with Gasteiger partial charge >= 0.3 is 12.1 Å². The molecule has 0 aromatic heterocycles. The summed E-state index contributed by atoms with van der Waals surface area (Å²) in [5.41, 5.74) is -1.32. The monoisotopic (exact) mass is 437 g/mol. The standard InChI is InChI=1S/C20H15ClF3N3O3/c1-2-30-19(29)14-5-3-4-6-17(14)27-18(28)12(10-25)11-26-13-7-8-16(21)15(9-13)20(22,23)24/h3-9,11,26H,2H2,1H3,(H,27,28)/b12-11-. The van der Waals surface area contributed by atoms with E-state index in [0.29, 0.717) is 0 Å². The van der Waals surface area contributed by atoms with Gasteiger partial charge in [-0.2, -0.15) is 18.4 Å². The van der Waals surface area contributed by atoms with E-state index >= 15 is 0 Å². The maximum atomic E-state index is 12.9. The van der Waals surface area contributed by atoms with E-state index in [2.05, 4.69) is 10.6 Å². The molecule has 0 spiro atoms. The second kappa shape index (κ2) is 9.80. The van der Waals surface area contributed by atoms with Crippen molar-refractivity contribution in [3.05, 3.63) is 70.4 Å². The minimum Gasteiger partial charge on any atom is -0.462 e. The van der Waals surface area contributed by atoms with Crippen molar-refractivity contribution in [1.29, 1.82) is 5.26 Å². The van der Waals surface area contributed by atoms with Gasteiger partial charge in [0.15, 0.2) is 0 Å². The quantitative estimate of drug-likeness (QED) is 0.377. The molecule has 10 heteroatoms. The molecule has 0 atom stereocenters. The van der Waals surface area contributed by atoms with E-state index in [-0.39, 0.29) is 23.5 Å². The normalized spacial score (nSPS) is 11.4. The van der Waals surface area contributed by atoms with Crippen LogP contribution in [0.5, 0.6) is 0 Å². The van der Waals surface area contributed by atoms with Crippen molar-refractivity contribution in [3.8, 4) is 6.07 Å². The average molecular weight is 438 g/mol. The second-order valence-corrected chi connectivity index (χ2v) is 6.13. The molecule has 0 fully saturated rings. The van der Waals surface area contributed by atoms with Crippen LogP contribution in [0.4, 0.5) is 24.5 Å². The Balaban J connectivity index is 2.22. The molecule has 0 saturated carbocycles.